The van der Waals surface area contributed by atoms with Crippen molar-refractivity contribution in [3.8, 4) is 17.0 Å². The van der Waals surface area contributed by atoms with Crippen LogP contribution in [0.15, 0.2) is 121 Å². The summed E-state index contributed by atoms with van der Waals surface area (Å²) in [5.41, 5.74) is 11.6. The number of hydrogen-bond acceptors (Lipinski definition) is 2. The standard InChI is InChI=1S/C23H22N2O.C8H7N/c24-14-15-26-21-12-10-18(11-13-21)17-25-22-9-5-4-8-20(22)16-23(25)19-6-2-1-3-7-19;1-2-4-8-7(3-1)5-6-9-8/h1-13,16H,14-15,17,24H2;1-6,9H. The van der Waals surface area contributed by atoms with Crippen LogP contribution in [0.3, 0.4) is 0 Å². The molecule has 2 aromatic heterocycles. The highest BCUT2D eigenvalue weighted by atomic mass is 16.5. The monoisotopic (exact) mass is 459 g/mol. The van der Waals surface area contributed by atoms with Crippen LogP contribution in [0.4, 0.5) is 0 Å². The predicted octanol–water partition coefficient (Wildman–Crippen LogP) is 6.86. The van der Waals surface area contributed by atoms with Gasteiger partial charge in [0.25, 0.3) is 0 Å². The van der Waals surface area contributed by atoms with Gasteiger partial charge in [-0.15, -0.1) is 0 Å². The molecule has 174 valence electrons. The number of nitrogens with zero attached hydrogens (tertiary/aromatic N) is 1. The molecule has 6 rings (SSSR count). The highest BCUT2D eigenvalue weighted by molar-refractivity contribution is 5.87. The summed E-state index contributed by atoms with van der Waals surface area (Å²) in [6, 6.07) is 39.9. The molecule has 4 heteroatoms. The zero-order valence-electron chi connectivity index (χ0n) is 19.6. The molecule has 0 amide bonds. The number of aromatic amines is 1. The Bertz CT molecular complexity index is 1470. The normalized spacial score (nSPS) is 10.8. The zero-order chi connectivity index (χ0) is 23.9. The van der Waals surface area contributed by atoms with Gasteiger partial charge in [-0.1, -0.05) is 78.9 Å². The minimum atomic E-state index is 0.525. The summed E-state index contributed by atoms with van der Waals surface area (Å²) in [6.07, 6.45) is 1.95. The molecule has 0 aliphatic rings. The van der Waals surface area contributed by atoms with Gasteiger partial charge in [0.2, 0.25) is 0 Å². The molecule has 0 bridgehead atoms. The van der Waals surface area contributed by atoms with E-state index in [1.54, 1.807) is 0 Å². The first-order valence-corrected chi connectivity index (χ1v) is 11.9. The van der Waals surface area contributed by atoms with Crippen molar-refractivity contribution in [3.63, 3.8) is 0 Å². The topological polar surface area (TPSA) is 56.0 Å². The van der Waals surface area contributed by atoms with Crippen LogP contribution in [0.25, 0.3) is 33.1 Å². The number of hydrogen-bond donors (Lipinski definition) is 2. The number of rotatable bonds is 6. The second kappa shape index (κ2) is 10.8. The van der Waals surface area contributed by atoms with Crippen LogP contribution < -0.4 is 10.5 Å². The molecule has 0 spiro atoms. The van der Waals surface area contributed by atoms with E-state index in [-0.39, 0.29) is 0 Å². The van der Waals surface area contributed by atoms with Gasteiger partial charge < -0.3 is 20.0 Å². The Balaban J connectivity index is 0.000000234. The molecule has 4 nitrogen and oxygen atoms in total. The van der Waals surface area contributed by atoms with Crippen molar-refractivity contribution in [2.75, 3.05) is 13.2 Å². The van der Waals surface area contributed by atoms with Gasteiger partial charge in [0.15, 0.2) is 0 Å². The molecule has 3 N–H and O–H groups in total. The average Bonchev–Trinajstić information content (AvgIpc) is 3.54. The van der Waals surface area contributed by atoms with E-state index in [1.807, 2.05) is 30.5 Å². The van der Waals surface area contributed by atoms with E-state index in [0.29, 0.717) is 13.2 Å². The second-order valence-electron chi connectivity index (χ2n) is 8.39. The van der Waals surface area contributed by atoms with Crippen LogP contribution in [0.2, 0.25) is 0 Å². The molecule has 4 aromatic carbocycles. The van der Waals surface area contributed by atoms with E-state index in [9.17, 15) is 0 Å². The molecular weight excluding hydrogens is 430 g/mol. The Hall–Kier alpha value is -4.28. The fraction of sp³-hybridized carbons (Fsp3) is 0.0968. The minimum absolute atomic E-state index is 0.525. The zero-order valence-corrected chi connectivity index (χ0v) is 19.6. The van der Waals surface area contributed by atoms with Gasteiger partial charge in [-0.25, -0.2) is 0 Å². The smallest absolute Gasteiger partial charge is 0.119 e. The van der Waals surface area contributed by atoms with Gasteiger partial charge in [0, 0.05) is 41.4 Å². The van der Waals surface area contributed by atoms with Crippen molar-refractivity contribution in [3.05, 3.63) is 127 Å². The van der Waals surface area contributed by atoms with Crippen molar-refractivity contribution in [2.45, 2.75) is 6.54 Å². The summed E-state index contributed by atoms with van der Waals surface area (Å²) in [4.78, 5) is 3.12. The largest absolute Gasteiger partial charge is 0.492 e. The van der Waals surface area contributed by atoms with Gasteiger partial charge in [0.1, 0.15) is 12.4 Å². The van der Waals surface area contributed by atoms with E-state index in [0.717, 1.165) is 12.3 Å². The Labute approximate surface area is 205 Å². The van der Waals surface area contributed by atoms with Crippen LogP contribution >= 0.6 is 0 Å². The van der Waals surface area contributed by atoms with Crippen molar-refractivity contribution >= 4 is 21.8 Å². The van der Waals surface area contributed by atoms with Crippen LogP contribution in [-0.4, -0.2) is 22.7 Å². The number of para-hydroxylation sites is 2. The molecule has 0 atom stereocenters. The highest BCUT2D eigenvalue weighted by Crippen LogP contribution is 2.29. The summed E-state index contributed by atoms with van der Waals surface area (Å²) in [7, 11) is 0. The molecule has 6 aromatic rings. The number of aromatic nitrogens is 2. The number of nitrogens with two attached hydrogens (primary N) is 1. The molecular formula is C31H29N3O. The minimum Gasteiger partial charge on any atom is -0.492 e. The number of ether oxygens (including phenoxy) is 1. The van der Waals surface area contributed by atoms with E-state index in [1.165, 1.54) is 38.6 Å². The Morgan fingerprint density at radius 3 is 2.20 bits per heavy atom. The Morgan fingerprint density at radius 2 is 1.43 bits per heavy atom. The molecule has 2 heterocycles. The van der Waals surface area contributed by atoms with Gasteiger partial charge in [0.05, 0.1) is 0 Å². The third-order valence-corrected chi connectivity index (χ3v) is 5.99. The first kappa shape index (κ1) is 22.5. The molecule has 0 fully saturated rings. The lowest BCUT2D eigenvalue weighted by molar-refractivity contribution is 0.328. The maximum atomic E-state index is 5.58. The van der Waals surface area contributed by atoms with Crippen LogP contribution in [-0.2, 0) is 6.54 Å². The van der Waals surface area contributed by atoms with Crippen molar-refractivity contribution in [1.29, 1.82) is 0 Å². The lowest BCUT2D eigenvalue weighted by Gasteiger charge is -2.12. The van der Waals surface area contributed by atoms with E-state index in [2.05, 4.69) is 101 Å². The van der Waals surface area contributed by atoms with Crippen LogP contribution in [0.5, 0.6) is 5.75 Å². The predicted molar refractivity (Wildman–Crippen MR) is 146 cm³/mol. The SMILES string of the molecule is NCCOc1ccc(Cn2c(-c3ccccc3)cc3ccccc32)cc1.c1ccc2[nH]ccc2c1. The first-order chi connectivity index (χ1) is 17.3. The fourth-order valence-corrected chi connectivity index (χ4v) is 4.27. The molecule has 0 aliphatic carbocycles. The van der Waals surface area contributed by atoms with E-state index in [4.69, 9.17) is 10.5 Å². The third-order valence-electron chi connectivity index (χ3n) is 5.99. The van der Waals surface area contributed by atoms with Crippen LogP contribution in [0, 0.1) is 0 Å². The summed E-state index contributed by atoms with van der Waals surface area (Å²) in [5, 5.41) is 2.53. The second-order valence-corrected chi connectivity index (χ2v) is 8.39. The van der Waals surface area contributed by atoms with Crippen molar-refractivity contribution < 1.29 is 4.74 Å². The summed E-state index contributed by atoms with van der Waals surface area (Å²) in [6.45, 7) is 1.88. The Morgan fingerprint density at radius 1 is 0.714 bits per heavy atom. The molecule has 0 radical (unpaired) electrons. The molecule has 0 aliphatic heterocycles. The summed E-state index contributed by atoms with van der Waals surface area (Å²) >= 11 is 0. The Kier molecular flexibility index (Phi) is 6.92. The first-order valence-electron chi connectivity index (χ1n) is 11.9. The lowest BCUT2D eigenvalue weighted by atomic mass is 10.1. The molecule has 0 saturated heterocycles. The van der Waals surface area contributed by atoms with Gasteiger partial charge in [-0.2, -0.15) is 0 Å². The maximum Gasteiger partial charge on any atom is 0.119 e. The molecule has 0 unspecified atom stereocenters. The summed E-state index contributed by atoms with van der Waals surface area (Å²) in [5.74, 6) is 0.861. The summed E-state index contributed by atoms with van der Waals surface area (Å²) < 4.78 is 7.95. The fourth-order valence-electron chi connectivity index (χ4n) is 4.27. The van der Waals surface area contributed by atoms with Crippen molar-refractivity contribution in [1.82, 2.24) is 9.55 Å². The maximum absolute atomic E-state index is 5.58. The number of H-pyrrole nitrogens is 1. The quantitative estimate of drug-likeness (QED) is 0.286. The number of benzene rings is 4. The lowest BCUT2D eigenvalue weighted by Crippen LogP contribution is -2.10. The molecule has 35 heavy (non-hydrogen) atoms. The van der Waals surface area contributed by atoms with Crippen molar-refractivity contribution in [2.24, 2.45) is 5.73 Å². The van der Waals surface area contributed by atoms with Gasteiger partial charge >= 0.3 is 0 Å². The number of nitrogens with one attached hydrogen (secondary N) is 1. The van der Waals surface area contributed by atoms with Crippen LogP contribution in [0.1, 0.15) is 5.56 Å². The highest BCUT2D eigenvalue weighted by Gasteiger charge is 2.11. The number of fused-ring (bicyclic) bond motifs is 2. The van der Waals surface area contributed by atoms with Gasteiger partial charge in [-0.05, 0) is 52.9 Å². The molecule has 0 saturated carbocycles. The average molecular weight is 460 g/mol. The third kappa shape index (κ3) is 5.29. The van der Waals surface area contributed by atoms with E-state index < -0.39 is 0 Å². The van der Waals surface area contributed by atoms with Gasteiger partial charge in [-0.3, -0.25) is 0 Å². The van der Waals surface area contributed by atoms with E-state index >= 15 is 0 Å².